The number of ether oxygens (including phenoxy) is 1. The van der Waals surface area contributed by atoms with E-state index < -0.39 is 0 Å². The van der Waals surface area contributed by atoms with Gasteiger partial charge in [0.15, 0.2) is 0 Å². The molecule has 94 valence electrons. The number of hydrogen-bond donors (Lipinski definition) is 1. The van der Waals surface area contributed by atoms with Crippen molar-refractivity contribution in [3.63, 3.8) is 0 Å². The zero-order valence-corrected chi connectivity index (χ0v) is 10.6. The molecule has 2 aromatic carbocycles. The molecule has 0 fully saturated rings. The molecule has 19 heavy (non-hydrogen) atoms. The van der Waals surface area contributed by atoms with Crippen molar-refractivity contribution in [3.8, 4) is 11.6 Å². The van der Waals surface area contributed by atoms with Crippen LogP contribution in [0.25, 0.3) is 10.9 Å². The van der Waals surface area contributed by atoms with Crippen LogP contribution in [-0.2, 0) is 0 Å². The van der Waals surface area contributed by atoms with Crippen LogP contribution in [0, 0.1) is 0 Å². The number of nitrogens with zero attached hydrogens (tertiary/aromatic N) is 2. The Morgan fingerprint density at radius 1 is 1.05 bits per heavy atom. The fourth-order valence-corrected chi connectivity index (χ4v) is 1.95. The molecule has 1 heterocycles. The molecule has 5 heteroatoms. The highest BCUT2D eigenvalue weighted by Crippen LogP contribution is 2.28. The average Bonchev–Trinajstić information content (AvgIpc) is 2.38. The lowest BCUT2D eigenvalue weighted by atomic mass is 10.2. The average molecular weight is 272 g/mol. The quantitative estimate of drug-likeness (QED) is 0.723. The lowest BCUT2D eigenvalue weighted by Crippen LogP contribution is -1.92. The van der Waals surface area contributed by atoms with Crippen LogP contribution in [0.4, 0.5) is 5.69 Å². The molecule has 0 aliphatic carbocycles. The van der Waals surface area contributed by atoms with Gasteiger partial charge in [-0.1, -0.05) is 17.7 Å². The van der Waals surface area contributed by atoms with E-state index in [1.54, 1.807) is 24.3 Å². The number of hydrogen-bond acceptors (Lipinski definition) is 4. The van der Waals surface area contributed by atoms with E-state index in [-0.39, 0.29) is 0 Å². The van der Waals surface area contributed by atoms with Gasteiger partial charge in [0.05, 0.1) is 10.9 Å². The summed E-state index contributed by atoms with van der Waals surface area (Å²) >= 11 is 5.92. The van der Waals surface area contributed by atoms with Gasteiger partial charge in [-0.05, 0) is 36.4 Å². The lowest BCUT2D eigenvalue weighted by Gasteiger charge is -2.07. The number of anilines is 1. The lowest BCUT2D eigenvalue weighted by molar-refractivity contribution is 0.468. The van der Waals surface area contributed by atoms with Crippen LogP contribution >= 0.6 is 11.6 Å². The van der Waals surface area contributed by atoms with Crippen LogP contribution < -0.4 is 10.5 Å². The zero-order valence-electron chi connectivity index (χ0n) is 9.88. The van der Waals surface area contributed by atoms with Crippen LogP contribution in [0.1, 0.15) is 0 Å². The maximum atomic E-state index is 5.92. The standard InChI is InChI=1S/C14H10ClN3O/c15-9-2-1-3-11(6-9)19-14-12-5-4-10(16)7-13(12)17-8-18-14/h1-8H,16H2. The second-order valence-electron chi connectivity index (χ2n) is 4.01. The molecule has 0 saturated heterocycles. The zero-order chi connectivity index (χ0) is 13.2. The molecule has 2 N–H and O–H groups in total. The first-order chi connectivity index (χ1) is 9.22. The van der Waals surface area contributed by atoms with Crippen LogP contribution in [0.5, 0.6) is 11.6 Å². The van der Waals surface area contributed by atoms with Gasteiger partial charge in [-0.25, -0.2) is 9.97 Å². The van der Waals surface area contributed by atoms with Crippen molar-refractivity contribution in [2.24, 2.45) is 0 Å². The van der Waals surface area contributed by atoms with Crippen molar-refractivity contribution in [2.75, 3.05) is 5.73 Å². The van der Waals surface area contributed by atoms with Crippen molar-refractivity contribution < 1.29 is 4.74 Å². The van der Waals surface area contributed by atoms with Gasteiger partial charge in [0.1, 0.15) is 12.1 Å². The number of benzene rings is 2. The van der Waals surface area contributed by atoms with Crippen LogP contribution in [0.15, 0.2) is 48.8 Å². The minimum Gasteiger partial charge on any atom is -0.438 e. The molecule has 0 atom stereocenters. The van der Waals surface area contributed by atoms with E-state index in [9.17, 15) is 0 Å². The van der Waals surface area contributed by atoms with Gasteiger partial charge in [-0.2, -0.15) is 0 Å². The molecule has 0 spiro atoms. The molecule has 3 rings (SSSR count). The van der Waals surface area contributed by atoms with E-state index in [0.29, 0.717) is 22.3 Å². The normalized spacial score (nSPS) is 10.6. The van der Waals surface area contributed by atoms with E-state index >= 15 is 0 Å². The number of halogens is 1. The predicted octanol–water partition coefficient (Wildman–Crippen LogP) is 3.66. The summed E-state index contributed by atoms with van der Waals surface area (Å²) < 4.78 is 5.74. The molecule has 0 aliphatic heterocycles. The van der Waals surface area contributed by atoms with Gasteiger partial charge in [-0.15, -0.1) is 0 Å². The van der Waals surface area contributed by atoms with E-state index in [0.717, 1.165) is 10.9 Å². The van der Waals surface area contributed by atoms with Gasteiger partial charge < -0.3 is 10.5 Å². The van der Waals surface area contributed by atoms with E-state index in [1.165, 1.54) is 6.33 Å². The van der Waals surface area contributed by atoms with Gasteiger partial charge in [-0.3, -0.25) is 0 Å². The highest BCUT2D eigenvalue weighted by molar-refractivity contribution is 6.30. The molecule has 0 saturated carbocycles. The largest absolute Gasteiger partial charge is 0.438 e. The monoisotopic (exact) mass is 271 g/mol. The number of nitrogen functional groups attached to an aromatic ring is 1. The minimum atomic E-state index is 0.479. The smallest absolute Gasteiger partial charge is 0.230 e. The van der Waals surface area contributed by atoms with Crippen molar-refractivity contribution in [1.82, 2.24) is 9.97 Å². The Morgan fingerprint density at radius 3 is 2.79 bits per heavy atom. The van der Waals surface area contributed by atoms with E-state index in [2.05, 4.69) is 9.97 Å². The van der Waals surface area contributed by atoms with E-state index in [4.69, 9.17) is 22.1 Å². The van der Waals surface area contributed by atoms with Crippen molar-refractivity contribution >= 4 is 28.2 Å². The molecule has 1 aromatic heterocycles. The first kappa shape index (κ1) is 11.7. The maximum Gasteiger partial charge on any atom is 0.230 e. The SMILES string of the molecule is Nc1ccc2c(Oc3cccc(Cl)c3)ncnc2c1. The Labute approximate surface area is 114 Å². The second-order valence-corrected chi connectivity index (χ2v) is 4.45. The third-order valence-electron chi connectivity index (χ3n) is 2.63. The van der Waals surface area contributed by atoms with Crippen LogP contribution in [0.3, 0.4) is 0 Å². The number of fused-ring (bicyclic) bond motifs is 1. The Bertz CT molecular complexity index is 746. The molecule has 0 aliphatic rings. The second kappa shape index (κ2) is 4.74. The fraction of sp³-hybridized carbons (Fsp3) is 0. The molecule has 4 nitrogen and oxygen atoms in total. The van der Waals surface area contributed by atoms with Crippen molar-refractivity contribution in [3.05, 3.63) is 53.8 Å². The summed E-state index contributed by atoms with van der Waals surface area (Å²) in [5.74, 6) is 1.11. The number of rotatable bonds is 2. The van der Waals surface area contributed by atoms with Crippen molar-refractivity contribution in [1.29, 1.82) is 0 Å². The Balaban J connectivity index is 2.06. The Hall–Kier alpha value is -2.33. The summed E-state index contributed by atoms with van der Waals surface area (Å²) in [6.45, 7) is 0. The summed E-state index contributed by atoms with van der Waals surface area (Å²) in [5, 5.41) is 1.41. The first-order valence-corrected chi connectivity index (χ1v) is 6.04. The molecule has 0 radical (unpaired) electrons. The molecule has 0 amide bonds. The summed E-state index contributed by atoms with van der Waals surface area (Å²) in [5.41, 5.74) is 7.12. The molecular formula is C14H10ClN3O. The van der Waals surface area contributed by atoms with Crippen LogP contribution in [-0.4, -0.2) is 9.97 Å². The number of aromatic nitrogens is 2. The van der Waals surface area contributed by atoms with Gasteiger partial charge in [0.25, 0.3) is 0 Å². The Kier molecular flexibility index (Phi) is 2.93. The third-order valence-corrected chi connectivity index (χ3v) is 2.87. The number of nitrogens with two attached hydrogens (primary N) is 1. The van der Waals surface area contributed by atoms with Gasteiger partial charge in [0, 0.05) is 10.7 Å². The van der Waals surface area contributed by atoms with Gasteiger partial charge >= 0.3 is 0 Å². The predicted molar refractivity (Wildman–Crippen MR) is 75.5 cm³/mol. The van der Waals surface area contributed by atoms with E-state index in [1.807, 2.05) is 18.2 Å². The first-order valence-electron chi connectivity index (χ1n) is 5.66. The summed E-state index contributed by atoms with van der Waals surface area (Å²) in [4.78, 5) is 8.31. The molecule has 3 aromatic rings. The topological polar surface area (TPSA) is 61.0 Å². The molecular weight excluding hydrogens is 262 g/mol. The van der Waals surface area contributed by atoms with Crippen LogP contribution in [0.2, 0.25) is 5.02 Å². The third kappa shape index (κ3) is 2.44. The summed E-state index contributed by atoms with van der Waals surface area (Å²) in [7, 11) is 0. The highest BCUT2D eigenvalue weighted by atomic mass is 35.5. The van der Waals surface area contributed by atoms with Crippen molar-refractivity contribution in [2.45, 2.75) is 0 Å². The summed E-state index contributed by atoms with van der Waals surface area (Å²) in [6.07, 6.45) is 1.45. The molecule has 0 unspecified atom stereocenters. The van der Waals surface area contributed by atoms with Gasteiger partial charge in [0.2, 0.25) is 5.88 Å². The molecule has 0 bridgehead atoms. The maximum absolute atomic E-state index is 5.92. The minimum absolute atomic E-state index is 0.479. The highest BCUT2D eigenvalue weighted by Gasteiger charge is 2.06. The summed E-state index contributed by atoms with van der Waals surface area (Å²) in [6, 6.07) is 12.6. The Morgan fingerprint density at radius 2 is 1.95 bits per heavy atom. The fourth-order valence-electron chi connectivity index (χ4n) is 1.77.